The van der Waals surface area contributed by atoms with Gasteiger partial charge in [-0.2, -0.15) is 0 Å². The van der Waals surface area contributed by atoms with Crippen molar-refractivity contribution in [2.45, 2.75) is 18.9 Å². The number of rotatable bonds is 7. The van der Waals surface area contributed by atoms with E-state index in [1.54, 1.807) is 0 Å². The van der Waals surface area contributed by atoms with E-state index in [2.05, 4.69) is 218 Å². The van der Waals surface area contributed by atoms with Crippen LogP contribution in [-0.4, -0.2) is 6.10 Å². The maximum atomic E-state index is 6.51. The van der Waals surface area contributed by atoms with Crippen LogP contribution < -0.4 is 9.64 Å². The molecule has 2 unspecified atom stereocenters. The van der Waals surface area contributed by atoms with Crippen LogP contribution in [0.1, 0.15) is 17.0 Å². The van der Waals surface area contributed by atoms with Crippen molar-refractivity contribution < 1.29 is 4.74 Å². The number of nitrogens with zero attached hydrogens (tertiary/aromatic N) is 1. The topological polar surface area (TPSA) is 12.5 Å². The van der Waals surface area contributed by atoms with Crippen molar-refractivity contribution in [3.05, 3.63) is 217 Å². The van der Waals surface area contributed by atoms with E-state index in [0.29, 0.717) is 0 Å². The molecule has 2 nitrogen and oxygen atoms in total. The van der Waals surface area contributed by atoms with Gasteiger partial charge in [0.05, 0.1) is 0 Å². The van der Waals surface area contributed by atoms with Gasteiger partial charge in [0.25, 0.3) is 0 Å². The minimum absolute atomic E-state index is 0.0590. The summed E-state index contributed by atoms with van der Waals surface area (Å²) in [4.78, 5) is 2.34. The van der Waals surface area contributed by atoms with Gasteiger partial charge in [0, 0.05) is 34.1 Å². The molecule has 1 aliphatic carbocycles. The molecule has 2 heteroatoms. The van der Waals surface area contributed by atoms with Gasteiger partial charge in [-0.1, -0.05) is 164 Å². The summed E-state index contributed by atoms with van der Waals surface area (Å²) in [7, 11) is 0. The van der Waals surface area contributed by atoms with Gasteiger partial charge in [0.15, 0.2) is 0 Å². The van der Waals surface area contributed by atoms with Crippen LogP contribution in [0.3, 0.4) is 0 Å². The summed E-state index contributed by atoms with van der Waals surface area (Å²) in [5, 5.41) is 2.53. The minimum Gasteiger partial charge on any atom is -0.484 e. The molecule has 1 aliphatic heterocycles. The second kappa shape index (κ2) is 13.8. The lowest BCUT2D eigenvalue weighted by molar-refractivity contribution is 0.270. The zero-order valence-corrected chi connectivity index (χ0v) is 30.6. The van der Waals surface area contributed by atoms with E-state index in [9.17, 15) is 0 Å². The first-order chi connectivity index (χ1) is 27.2. The van der Waals surface area contributed by atoms with E-state index >= 15 is 0 Å². The normalized spacial score (nSPS) is 15.4. The molecule has 0 saturated carbocycles. The van der Waals surface area contributed by atoms with Crippen LogP contribution in [0.15, 0.2) is 206 Å². The predicted octanol–water partition coefficient (Wildman–Crippen LogP) is 14.3. The van der Waals surface area contributed by atoms with Crippen LogP contribution in [0, 0.1) is 6.92 Å². The molecule has 0 saturated heterocycles. The summed E-state index contributed by atoms with van der Waals surface area (Å²) in [6.07, 6.45) is 8.67. The quantitative estimate of drug-likeness (QED) is 0.164. The molecular formula is C53H39NO. The molecule has 2 atom stereocenters. The Morgan fingerprint density at radius 1 is 0.418 bits per heavy atom. The highest BCUT2D eigenvalue weighted by molar-refractivity contribution is 5.97. The lowest BCUT2D eigenvalue weighted by Crippen LogP contribution is -2.15. The number of hydrogen-bond acceptors (Lipinski definition) is 2. The Hall–Kier alpha value is -6.90. The van der Waals surface area contributed by atoms with Gasteiger partial charge in [-0.3, -0.25) is 0 Å². The standard InChI is InChI=1S/C53H39NO/c1-36-10-2-4-13-46(36)40-26-32-44(33-27-40)54(45-34-28-42(29-35-45)49-17-9-18-51-50-15-6-7-19-52(50)55-53(49)51)43-30-24-38(25-31-43)37-20-22-41(23-21-37)48-16-8-12-39-11-3-5-14-47(39)48/h2-35,50,52H,1H3. The molecule has 0 radical (unpaired) electrons. The van der Waals surface area contributed by atoms with E-state index in [-0.39, 0.29) is 12.0 Å². The second-order valence-corrected chi connectivity index (χ2v) is 14.5. The Kier molecular flexibility index (Phi) is 8.22. The Morgan fingerprint density at radius 3 is 1.62 bits per heavy atom. The third-order valence-electron chi connectivity index (χ3n) is 11.2. The molecule has 2 aliphatic rings. The summed E-state index contributed by atoms with van der Waals surface area (Å²) in [5.74, 6) is 1.26. The zero-order chi connectivity index (χ0) is 36.7. The molecule has 0 spiro atoms. The van der Waals surface area contributed by atoms with Crippen LogP contribution in [0.2, 0.25) is 0 Å². The highest BCUT2D eigenvalue weighted by Gasteiger charge is 2.33. The second-order valence-electron chi connectivity index (χ2n) is 14.5. The third-order valence-corrected chi connectivity index (χ3v) is 11.2. The van der Waals surface area contributed by atoms with Crippen molar-refractivity contribution in [1.82, 2.24) is 0 Å². The summed E-state index contributed by atoms with van der Waals surface area (Å²) < 4.78 is 6.51. The van der Waals surface area contributed by atoms with Gasteiger partial charge in [0.1, 0.15) is 11.9 Å². The van der Waals surface area contributed by atoms with Crippen molar-refractivity contribution >= 4 is 27.8 Å². The number of aryl methyl sites for hydroxylation is 1. The highest BCUT2D eigenvalue weighted by atomic mass is 16.5. The Morgan fingerprint density at radius 2 is 0.909 bits per heavy atom. The molecule has 0 bridgehead atoms. The van der Waals surface area contributed by atoms with Crippen LogP contribution in [-0.2, 0) is 0 Å². The fourth-order valence-corrected chi connectivity index (χ4v) is 8.34. The molecular weight excluding hydrogens is 667 g/mol. The van der Waals surface area contributed by atoms with Crippen LogP contribution >= 0.6 is 0 Å². The monoisotopic (exact) mass is 705 g/mol. The largest absolute Gasteiger partial charge is 0.484 e. The Balaban J connectivity index is 0.986. The van der Waals surface area contributed by atoms with E-state index < -0.39 is 0 Å². The molecule has 0 fully saturated rings. The van der Waals surface area contributed by atoms with Crippen molar-refractivity contribution in [3.8, 4) is 50.3 Å². The number of hydrogen-bond donors (Lipinski definition) is 0. The first-order valence-electron chi connectivity index (χ1n) is 19.1. The number of fused-ring (bicyclic) bond motifs is 4. The van der Waals surface area contributed by atoms with Gasteiger partial charge in [-0.25, -0.2) is 0 Å². The molecule has 0 amide bonds. The van der Waals surface area contributed by atoms with Crippen molar-refractivity contribution in [3.63, 3.8) is 0 Å². The van der Waals surface area contributed by atoms with E-state index in [4.69, 9.17) is 4.74 Å². The van der Waals surface area contributed by atoms with Gasteiger partial charge < -0.3 is 9.64 Å². The molecule has 8 aromatic carbocycles. The fraction of sp³-hybridized carbons (Fsp3) is 0.0566. The molecule has 1 heterocycles. The molecule has 10 rings (SSSR count). The number of para-hydroxylation sites is 1. The number of benzene rings is 8. The SMILES string of the molecule is Cc1ccccc1-c1ccc(N(c2ccc(-c3ccc(-c4cccc5ccccc45)cc3)cc2)c2ccc(-c3cccc4c3OC3C=CC=CC43)cc2)cc1. The van der Waals surface area contributed by atoms with Crippen molar-refractivity contribution in [2.75, 3.05) is 4.90 Å². The van der Waals surface area contributed by atoms with E-state index in [1.165, 1.54) is 55.3 Å². The maximum absolute atomic E-state index is 6.51. The Bertz CT molecular complexity index is 2720. The fourth-order valence-electron chi connectivity index (χ4n) is 8.34. The van der Waals surface area contributed by atoms with Gasteiger partial charge >= 0.3 is 0 Å². The average Bonchev–Trinajstić information content (AvgIpc) is 3.64. The molecule has 0 N–H and O–H groups in total. The van der Waals surface area contributed by atoms with Crippen LogP contribution in [0.5, 0.6) is 5.75 Å². The summed E-state index contributed by atoms with van der Waals surface area (Å²) in [5.41, 5.74) is 15.4. The van der Waals surface area contributed by atoms with Crippen molar-refractivity contribution in [1.29, 1.82) is 0 Å². The van der Waals surface area contributed by atoms with Gasteiger partial charge in [-0.05, 0) is 105 Å². The molecule has 0 aromatic heterocycles. The van der Waals surface area contributed by atoms with E-state index in [0.717, 1.165) is 33.9 Å². The number of allylic oxidation sites excluding steroid dienone is 2. The summed E-state index contributed by atoms with van der Waals surface area (Å²) in [6, 6.07) is 65.9. The van der Waals surface area contributed by atoms with Crippen LogP contribution in [0.4, 0.5) is 17.1 Å². The number of ether oxygens (including phenoxy) is 1. The summed E-state index contributed by atoms with van der Waals surface area (Å²) in [6.45, 7) is 2.17. The number of anilines is 3. The highest BCUT2D eigenvalue weighted by Crippen LogP contribution is 2.47. The lowest BCUT2D eigenvalue weighted by atomic mass is 9.90. The lowest BCUT2D eigenvalue weighted by Gasteiger charge is -2.26. The minimum atomic E-state index is 0.0590. The molecule has 55 heavy (non-hydrogen) atoms. The summed E-state index contributed by atoms with van der Waals surface area (Å²) >= 11 is 0. The van der Waals surface area contributed by atoms with E-state index in [1.807, 2.05) is 0 Å². The predicted molar refractivity (Wildman–Crippen MR) is 231 cm³/mol. The van der Waals surface area contributed by atoms with Crippen LogP contribution in [0.25, 0.3) is 55.3 Å². The first kappa shape index (κ1) is 32.7. The van der Waals surface area contributed by atoms with Crippen molar-refractivity contribution in [2.24, 2.45) is 0 Å². The van der Waals surface area contributed by atoms with Gasteiger partial charge in [-0.15, -0.1) is 0 Å². The zero-order valence-electron chi connectivity index (χ0n) is 30.6. The third kappa shape index (κ3) is 6.02. The smallest absolute Gasteiger partial charge is 0.132 e. The van der Waals surface area contributed by atoms with Gasteiger partial charge in [0.2, 0.25) is 0 Å². The maximum Gasteiger partial charge on any atom is 0.132 e. The molecule has 262 valence electrons. The Labute approximate surface area is 322 Å². The average molecular weight is 706 g/mol. The first-order valence-corrected chi connectivity index (χ1v) is 19.1. The molecule has 8 aromatic rings.